The van der Waals surface area contributed by atoms with Crippen molar-refractivity contribution in [2.75, 3.05) is 11.9 Å². The zero-order chi connectivity index (χ0) is 17.9. The SMILES string of the molecule is O=C(Nc1ccc(-c2ccccc2)c2c1C(=O)NCC2)c1ccccc1. The molecule has 0 bridgehead atoms. The monoisotopic (exact) mass is 342 g/mol. The average molecular weight is 342 g/mol. The van der Waals surface area contributed by atoms with Crippen molar-refractivity contribution in [2.24, 2.45) is 0 Å². The van der Waals surface area contributed by atoms with Crippen molar-refractivity contribution in [1.29, 1.82) is 0 Å². The number of carbonyl (C=O) groups is 2. The van der Waals surface area contributed by atoms with Gasteiger partial charge in [-0.25, -0.2) is 0 Å². The van der Waals surface area contributed by atoms with Crippen molar-refractivity contribution in [3.8, 4) is 11.1 Å². The smallest absolute Gasteiger partial charge is 0.255 e. The molecule has 4 heteroatoms. The Morgan fingerprint density at radius 2 is 1.58 bits per heavy atom. The first-order chi connectivity index (χ1) is 12.7. The summed E-state index contributed by atoms with van der Waals surface area (Å²) in [7, 11) is 0. The normalized spacial score (nSPS) is 12.8. The fraction of sp³-hybridized carbons (Fsp3) is 0.0909. The van der Waals surface area contributed by atoms with Crippen LogP contribution in [0.25, 0.3) is 11.1 Å². The number of hydrogen-bond acceptors (Lipinski definition) is 2. The van der Waals surface area contributed by atoms with Crippen LogP contribution in [-0.2, 0) is 6.42 Å². The number of anilines is 1. The van der Waals surface area contributed by atoms with E-state index in [0.29, 0.717) is 23.4 Å². The van der Waals surface area contributed by atoms with Gasteiger partial charge in [-0.3, -0.25) is 9.59 Å². The zero-order valence-electron chi connectivity index (χ0n) is 14.2. The van der Waals surface area contributed by atoms with Crippen molar-refractivity contribution < 1.29 is 9.59 Å². The Labute approximate surface area is 151 Å². The highest BCUT2D eigenvalue weighted by molar-refractivity contribution is 6.10. The molecule has 0 aliphatic carbocycles. The Kier molecular flexibility index (Phi) is 4.23. The van der Waals surface area contributed by atoms with E-state index in [1.54, 1.807) is 12.1 Å². The van der Waals surface area contributed by atoms with E-state index in [1.807, 2.05) is 60.7 Å². The van der Waals surface area contributed by atoms with Crippen LogP contribution in [0.3, 0.4) is 0 Å². The van der Waals surface area contributed by atoms with Crippen molar-refractivity contribution in [2.45, 2.75) is 6.42 Å². The summed E-state index contributed by atoms with van der Waals surface area (Å²) in [5.41, 5.74) is 4.75. The number of rotatable bonds is 3. The van der Waals surface area contributed by atoms with E-state index in [9.17, 15) is 9.59 Å². The van der Waals surface area contributed by atoms with Crippen molar-refractivity contribution in [1.82, 2.24) is 5.32 Å². The molecule has 3 aromatic rings. The Balaban J connectivity index is 1.77. The van der Waals surface area contributed by atoms with Crippen LogP contribution in [0.5, 0.6) is 0 Å². The lowest BCUT2D eigenvalue weighted by atomic mass is 9.89. The predicted octanol–water partition coefficient (Wildman–Crippen LogP) is 3.89. The van der Waals surface area contributed by atoms with E-state index in [0.717, 1.165) is 23.1 Å². The van der Waals surface area contributed by atoms with Crippen LogP contribution in [0.15, 0.2) is 72.8 Å². The molecule has 4 nitrogen and oxygen atoms in total. The van der Waals surface area contributed by atoms with Gasteiger partial charge in [0.1, 0.15) is 0 Å². The molecule has 0 unspecified atom stereocenters. The summed E-state index contributed by atoms with van der Waals surface area (Å²) in [6.07, 6.45) is 0.736. The lowest BCUT2D eigenvalue weighted by molar-refractivity contribution is 0.0947. The summed E-state index contributed by atoms with van der Waals surface area (Å²) < 4.78 is 0. The van der Waals surface area contributed by atoms with Crippen molar-refractivity contribution >= 4 is 17.5 Å². The first kappa shape index (κ1) is 16.1. The van der Waals surface area contributed by atoms with Gasteiger partial charge in [0.15, 0.2) is 0 Å². The number of fused-ring (bicyclic) bond motifs is 1. The maximum Gasteiger partial charge on any atom is 0.255 e. The Morgan fingerprint density at radius 3 is 2.31 bits per heavy atom. The molecule has 3 aromatic carbocycles. The largest absolute Gasteiger partial charge is 0.352 e. The zero-order valence-corrected chi connectivity index (χ0v) is 14.2. The van der Waals surface area contributed by atoms with E-state index < -0.39 is 0 Å². The van der Waals surface area contributed by atoms with E-state index >= 15 is 0 Å². The first-order valence-corrected chi connectivity index (χ1v) is 8.60. The molecule has 0 atom stereocenters. The average Bonchev–Trinajstić information content (AvgIpc) is 2.69. The second-order valence-corrected chi connectivity index (χ2v) is 6.21. The van der Waals surface area contributed by atoms with Gasteiger partial charge >= 0.3 is 0 Å². The minimum absolute atomic E-state index is 0.146. The van der Waals surface area contributed by atoms with Crippen LogP contribution in [-0.4, -0.2) is 18.4 Å². The lowest BCUT2D eigenvalue weighted by Crippen LogP contribution is -2.33. The molecule has 0 saturated carbocycles. The van der Waals surface area contributed by atoms with Gasteiger partial charge in [0.2, 0.25) is 0 Å². The van der Waals surface area contributed by atoms with Crippen LogP contribution in [0.4, 0.5) is 5.69 Å². The van der Waals surface area contributed by atoms with Crippen LogP contribution >= 0.6 is 0 Å². The van der Waals surface area contributed by atoms with Gasteiger partial charge in [0, 0.05) is 12.1 Å². The second-order valence-electron chi connectivity index (χ2n) is 6.21. The van der Waals surface area contributed by atoms with Crippen molar-refractivity contribution in [3.05, 3.63) is 89.5 Å². The lowest BCUT2D eigenvalue weighted by Gasteiger charge is -2.23. The molecule has 1 aliphatic rings. The highest BCUT2D eigenvalue weighted by Gasteiger charge is 2.24. The number of carbonyl (C=O) groups excluding carboxylic acids is 2. The molecule has 26 heavy (non-hydrogen) atoms. The summed E-state index contributed by atoms with van der Waals surface area (Å²) in [4.78, 5) is 25.1. The fourth-order valence-electron chi connectivity index (χ4n) is 3.33. The number of hydrogen-bond donors (Lipinski definition) is 2. The van der Waals surface area contributed by atoms with Gasteiger partial charge in [-0.1, -0.05) is 54.6 Å². The van der Waals surface area contributed by atoms with E-state index in [-0.39, 0.29) is 11.8 Å². The van der Waals surface area contributed by atoms with Crippen LogP contribution < -0.4 is 10.6 Å². The summed E-state index contributed by atoms with van der Waals surface area (Å²) >= 11 is 0. The van der Waals surface area contributed by atoms with Crippen molar-refractivity contribution in [3.63, 3.8) is 0 Å². The fourth-order valence-corrected chi connectivity index (χ4v) is 3.33. The minimum atomic E-state index is -0.223. The highest BCUT2D eigenvalue weighted by Crippen LogP contribution is 2.33. The third-order valence-electron chi connectivity index (χ3n) is 4.57. The van der Waals surface area contributed by atoms with E-state index in [4.69, 9.17) is 0 Å². The summed E-state index contributed by atoms with van der Waals surface area (Å²) in [6.45, 7) is 0.599. The number of nitrogens with one attached hydrogen (secondary N) is 2. The number of amides is 2. The molecule has 1 heterocycles. The number of benzene rings is 3. The maximum atomic E-state index is 12.5. The summed E-state index contributed by atoms with van der Waals surface area (Å²) in [6, 6.07) is 22.8. The molecule has 128 valence electrons. The maximum absolute atomic E-state index is 12.5. The molecule has 4 rings (SSSR count). The molecule has 1 aliphatic heterocycles. The van der Waals surface area contributed by atoms with Gasteiger partial charge in [0.25, 0.3) is 11.8 Å². The molecular weight excluding hydrogens is 324 g/mol. The summed E-state index contributed by atoms with van der Waals surface area (Å²) in [5, 5.41) is 5.78. The van der Waals surface area contributed by atoms with Crippen LogP contribution in [0.2, 0.25) is 0 Å². The molecule has 0 aromatic heterocycles. The Bertz CT molecular complexity index is 966. The topological polar surface area (TPSA) is 58.2 Å². The van der Waals surface area contributed by atoms with Gasteiger partial charge in [0.05, 0.1) is 11.3 Å². The third-order valence-corrected chi connectivity index (χ3v) is 4.57. The first-order valence-electron chi connectivity index (χ1n) is 8.60. The molecule has 2 amide bonds. The summed E-state index contributed by atoms with van der Waals surface area (Å²) in [5.74, 6) is -0.369. The molecule has 0 saturated heterocycles. The van der Waals surface area contributed by atoms with E-state index in [1.165, 1.54) is 0 Å². The van der Waals surface area contributed by atoms with Gasteiger partial charge < -0.3 is 10.6 Å². The van der Waals surface area contributed by atoms with Gasteiger partial charge in [-0.15, -0.1) is 0 Å². The molecule has 0 spiro atoms. The predicted molar refractivity (Wildman–Crippen MR) is 102 cm³/mol. The molecule has 2 N–H and O–H groups in total. The van der Waals surface area contributed by atoms with E-state index in [2.05, 4.69) is 10.6 Å². The van der Waals surface area contributed by atoms with Crippen LogP contribution in [0, 0.1) is 0 Å². The second kappa shape index (κ2) is 6.84. The Hall–Kier alpha value is -3.40. The molecular formula is C22H18N2O2. The van der Waals surface area contributed by atoms with Gasteiger partial charge in [-0.05, 0) is 41.3 Å². The minimum Gasteiger partial charge on any atom is -0.352 e. The van der Waals surface area contributed by atoms with Gasteiger partial charge in [-0.2, -0.15) is 0 Å². The highest BCUT2D eigenvalue weighted by atomic mass is 16.2. The standard InChI is InChI=1S/C22H18N2O2/c25-21(16-9-5-2-6-10-16)24-19-12-11-17(15-7-3-1-4-8-15)18-13-14-23-22(26)20(18)19/h1-12H,13-14H2,(H,23,26)(H,24,25). The Morgan fingerprint density at radius 1 is 0.885 bits per heavy atom. The third kappa shape index (κ3) is 2.97. The molecule has 0 fully saturated rings. The van der Waals surface area contributed by atoms with Crippen LogP contribution in [0.1, 0.15) is 26.3 Å². The quantitative estimate of drug-likeness (QED) is 0.759. The molecule has 0 radical (unpaired) electrons.